The van der Waals surface area contributed by atoms with E-state index in [1.54, 1.807) is 6.07 Å². The number of aryl methyl sites for hydroxylation is 1. The third-order valence-corrected chi connectivity index (χ3v) is 4.29. The molecule has 0 bridgehead atoms. The third-order valence-electron chi connectivity index (χ3n) is 3.22. The molecule has 92 valence electrons. The van der Waals surface area contributed by atoms with Crippen molar-refractivity contribution in [2.24, 2.45) is 11.1 Å². The van der Waals surface area contributed by atoms with E-state index < -0.39 is 0 Å². The maximum Gasteiger partial charge on any atom is 0.231 e. The predicted octanol–water partition coefficient (Wildman–Crippen LogP) is 3.09. The van der Waals surface area contributed by atoms with Crippen LogP contribution in [-0.4, -0.2) is 12.5 Å². The lowest BCUT2D eigenvalue weighted by Gasteiger charge is -2.14. The van der Waals surface area contributed by atoms with Crippen molar-refractivity contribution in [3.63, 3.8) is 0 Å². The molecule has 1 aromatic carbocycles. The SMILES string of the molecule is Cc1cc(Br)c(NC(=O)C2(CN)CC2)cc1Cl. The number of halogens is 2. The summed E-state index contributed by atoms with van der Waals surface area (Å²) in [5.74, 6) is -0.0133. The monoisotopic (exact) mass is 316 g/mol. The van der Waals surface area contributed by atoms with Crippen LogP contribution in [0.1, 0.15) is 18.4 Å². The minimum Gasteiger partial charge on any atom is -0.329 e. The highest BCUT2D eigenvalue weighted by atomic mass is 79.9. The highest BCUT2D eigenvalue weighted by molar-refractivity contribution is 9.10. The Kier molecular flexibility index (Phi) is 3.48. The number of hydrogen-bond donors (Lipinski definition) is 2. The first-order valence-electron chi connectivity index (χ1n) is 5.46. The molecule has 17 heavy (non-hydrogen) atoms. The quantitative estimate of drug-likeness (QED) is 0.900. The molecule has 0 atom stereocenters. The van der Waals surface area contributed by atoms with E-state index in [0.29, 0.717) is 17.3 Å². The van der Waals surface area contributed by atoms with Crippen LogP contribution >= 0.6 is 27.5 Å². The van der Waals surface area contributed by atoms with E-state index in [1.165, 1.54) is 0 Å². The van der Waals surface area contributed by atoms with Gasteiger partial charge in [0.25, 0.3) is 0 Å². The summed E-state index contributed by atoms with van der Waals surface area (Å²) in [5.41, 5.74) is 6.93. The lowest BCUT2D eigenvalue weighted by Crippen LogP contribution is -2.30. The number of carbonyl (C=O) groups excluding carboxylic acids is 1. The second-order valence-electron chi connectivity index (χ2n) is 4.52. The van der Waals surface area contributed by atoms with E-state index in [9.17, 15) is 4.79 Å². The number of carbonyl (C=O) groups is 1. The van der Waals surface area contributed by atoms with Gasteiger partial charge in [-0.1, -0.05) is 11.6 Å². The van der Waals surface area contributed by atoms with Gasteiger partial charge in [-0.25, -0.2) is 0 Å². The molecular weight excluding hydrogens is 304 g/mol. The second-order valence-corrected chi connectivity index (χ2v) is 5.78. The van der Waals surface area contributed by atoms with E-state index in [0.717, 1.165) is 22.9 Å². The van der Waals surface area contributed by atoms with Crippen molar-refractivity contribution in [1.29, 1.82) is 0 Å². The zero-order valence-corrected chi connectivity index (χ0v) is 11.9. The van der Waals surface area contributed by atoms with Gasteiger partial charge in [-0.05, 0) is 53.4 Å². The van der Waals surface area contributed by atoms with Crippen LogP contribution < -0.4 is 11.1 Å². The van der Waals surface area contributed by atoms with Gasteiger partial charge in [0, 0.05) is 16.0 Å². The fraction of sp³-hybridized carbons (Fsp3) is 0.417. The van der Waals surface area contributed by atoms with Crippen LogP contribution in [-0.2, 0) is 4.79 Å². The average molecular weight is 318 g/mol. The van der Waals surface area contributed by atoms with E-state index in [2.05, 4.69) is 21.2 Å². The Morgan fingerprint density at radius 3 is 2.76 bits per heavy atom. The summed E-state index contributed by atoms with van der Waals surface area (Å²) in [6.45, 7) is 2.32. The van der Waals surface area contributed by atoms with Gasteiger partial charge in [-0.2, -0.15) is 0 Å². The fourth-order valence-corrected chi connectivity index (χ4v) is 2.39. The lowest BCUT2D eigenvalue weighted by molar-refractivity contribution is -0.120. The molecule has 0 unspecified atom stereocenters. The molecular formula is C12H14BrClN2O. The normalized spacial score (nSPS) is 16.7. The first kappa shape index (κ1) is 12.9. The van der Waals surface area contributed by atoms with Gasteiger partial charge in [-0.15, -0.1) is 0 Å². The van der Waals surface area contributed by atoms with Gasteiger partial charge >= 0.3 is 0 Å². The molecule has 1 aliphatic rings. The van der Waals surface area contributed by atoms with Crippen LogP contribution in [0.4, 0.5) is 5.69 Å². The Morgan fingerprint density at radius 1 is 1.59 bits per heavy atom. The molecule has 0 aliphatic heterocycles. The lowest BCUT2D eigenvalue weighted by atomic mass is 10.1. The van der Waals surface area contributed by atoms with Crippen LogP contribution in [0.15, 0.2) is 16.6 Å². The Labute approximate surface area is 114 Å². The zero-order valence-electron chi connectivity index (χ0n) is 9.52. The van der Waals surface area contributed by atoms with Crippen molar-refractivity contribution < 1.29 is 4.79 Å². The average Bonchev–Trinajstić information content (AvgIpc) is 3.06. The summed E-state index contributed by atoms with van der Waals surface area (Å²) in [7, 11) is 0. The molecule has 1 aliphatic carbocycles. The number of nitrogens with one attached hydrogen (secondary N) is 1. The maximum absolute atomic E-state index is 12.0. The van der Waals surface area contributed by atoms with E-state index >= 15 is 0 Å². The number of hydrogen-bond acceptors (Lipinski definition) is 2. The van der Waals surface area contributed by atoms with Crippen molar-refractivity contribution in [2.75, 3.05) is 11.9 Å². The number of nitrogens with two attached hydrogens (primary N) is 1. The van der Waals surface area contributed by atoms with E-state index in [1.807, 2.05) is 13.0 Å². The molecule has 1 fully saturated rings. The molecule has 2 rings (SSSR count). The molecule has 0 aromatic heterocycles. The molecule has 0 saturated heterocycles. The zero-order chi connectivity index (χ0) is 12.6. The number of anilines is 1. The summed E-state index contributed by atoms with van der Waals surface area (Å²) in [5, 5.41) is 3.52. The van der Waals surface area contributed by atoms with Crippen LogP contribution in [0.5, 0.6) is 0 Å². The molecule has 0 spiro atoms. The van der Waals surface area contributed by atoms with Crippen LogP contribution in [0.25, 0.3) is 0 Å². The smallest absolute Gasteiger partial charge is 0.231 e. The molecule has 3 nitrogen and oxygen atoms in total. The number of amides is 1. The molecule has 0 radical (unpaired) electrons. The van der Waals surface area contributed by atoms with Gasteiger partial charge in [0.15, 0.2) is 0 Å². The molecule has 1 saturated carbocycles. The Hall–Kier alpha value is -0.580. The third kappa shape index (κ3) is 2.49. The Morgan fingerprint density at radius 2 is 2.24 bits per heavy atom. The first-order chi connectivity index (χ1) is 7.98. The molecule has 0 heterocycles. The maximum atomic E-state index is 12.0. The molecule has 5 heteroatoms. The van der Waals surface area contributed by atoms with Crippen molar-refractivity contribution in [1.82, 2.24) is 0 Å². The van der Waals surface area contributed by atoms with Gasteiger partial charge < -0.3 is 11.1 Å². The minimum absolute atomic E-state index is 0.0133. The Balaban J connectivity index is 2.19. The van der Waals surface area contributed by atoms with Crippen molar-refractivity contribution in [3.8, 4) is 0 Å². The van der Waals surface area contributed by atoms with Crippen LogP contribution in [0, 0.1) is 12.3 Å². The van der Waals surface area contributed by atoms with Crippen molar-refractivity contribution in [2.45, 2.75) is 19.8 Å². The largest absolute Gasteiger partial charge is 0.329 e. The summed E-state index contributed by atoms with van der Waals surface area (Å²) in [6, 6.07) is 3.64. The second kappa shape index (κ2) is 4.59. The van der Waals surface area contributed by atoms with Crippen LogP contribution in [0.3, 0.4) is 0 Å². The topological polar surface area (TPSA) is 55.1 Å². The van der Waals surface area contributed by atoms with Crippen molar-refractivity contribution >= 4 is 39.1 Å². The summed E-state index contributed by atoms with van der Waals surface area (Å²) < 4.78 is 0.834. The van der Waals surface area contributed by atoms with Gasteiger partial charge in [0.1, 0.15) is 0 Å². The molecule has 1 aromatic rings. The van der Waals surface area contributed by atoms with Gasteiger partial charge in [-0.3, -0.25) is 4.79 Å². The van der Waals surface area contributed by atoms with Gasteiger partial charge in [0.05, 0.1) is 11.1 Å². The summed E-state index contributed by atoms with van der Waals surface area (Å²) >= 11 is 9.45. The predicted molar refractivity (Wildman–Crippen MR) is 73.2 cm³/mol. The summed E-state index contributed by atoms with van der Waals surface area (Å²) in [4.78, 5) is 12.0. The molecule has 1 amide bonds. The summed E-state index contributed by atoms with van der Waals surface area (Å²) in [6.07, 6.45) is 1.74. The van der Waals surface area contributed by atoms with E-state index in [-0.39, 0.29) is 11.3 Å². The van der Waals surface area contributed by atoms with E-state index in [4.69, 9.17) is 17.3 Å². The number of rotatable bonds is 3. The Bertz CT molecular complexity index is 472. The highest BCUT2D eigenvalue weighted by Crippen LogP contribution is 2.45. The highest BCUT2D eigenvalue weighted by Gasteiger charge is 2.48. The standard InChI is InChI=1S/C12H14BrClN2O/c1-7-4-8(13)10(5-9(7)14)16-11(17)12(6-15)2-3-12/h4-5H,2-3,6,15H2,1H3,(H,16,17). The minimum atomic E-state index is -0.350. The van der Waals surface area contributed by atoms with Crippen LogP contribution in [0.2, 0.25) is 5.02 Å². The van der Waals surface area contributed by atoms with Crippen molar-refractivity contribution in [3.05, 3.63) is 27.2 Å². The molecule has 3 N–H and O–H groups in total. The van der Waals surface area contributed by atoms with Gasteiger partial charge in [0.2, 0.25) is 5.91 Å². The first-order valence-corrected chi connectivity index (χ1v) is 6.63. The number of benzene rings is 1. The fourth-order valence-electron chi connectivity index (χ4n) is 1.67.